The summed E-state index contributed by atoms with van der Waals surface area (Å²) < 4.78 is 0. The first-order chi connectivity index (χ1) is 5.29. The van der Waals surface area contributed by atoms with Gasteiger partial charge >= 0.3 is 0 Å². The minimum absolute atomic E-state index is 1.00. The Hall–Kier alpha value is -1.31. The Labute approximate surface area is 65.2 Å². The third kappa shape index (κ3) is 0.827. The fraction of sp³-hybridized carbons (Fsp3) is 0.222. The molecule has 0 fully saturated rings. The van der Waals surface area contributed by atoms with Crippen molar-refractivity contribution in [1.82, 2.24) is 5.43 Å². The maximum Gasteiger partial charge on any atom is 0.0950 e. The molecule has 0 saturated heterocycles. The van der Waals surface area contributed by atoms with Crippen LogP contribution in [-0.4, -0.2) is 0 Å². The van der Waals surface area contributed by atoms with Crippen molar-refractivity contribution >= 4 is 5.70 Å². The molecule has 0 atom stereocenters. The lowest BCUT2D eigenvalue weighted by Gasteiger charge is -1.90. The van der Waals surface area contributed by atoms with Gasteiger partial charge in [0.05, 0.1) is 11.1 Å². The molecule has 0 bridgehead atoms. The lowest BCUT2D eigenvalue weighted by molar-refractivity contribution is 0.945. The predicted octanol–water partition coefficient (Wildman–Crippen LogP) is 0.276. The zero-order chi connectivity index (χ0) is 7.84. The van der Waals surface area contributed by atoms with Crippen molar-refractivity contribution in [2.75, 3.05) is 0 Å². The highest BCUT2D eigenvalue weighted by molar-refractivity contribution is 5.43. The van der Waals surface area contributed by atoms with Gasteiger partial charge in [-0.15, -0.1) is 0 Å². The van der Waals surface area contributed by atoms with Crippen molar-refractivity contribution in [3.8, 4) is 0 Å². The van der Waals surface area contributed by atoms with Crippen LogP contribution < -0.4 is 16.0 Å². The SMILES string of the molecule is CC1=c2c(C)cccc2=N[N]1. The molecule has 2 heteroatoms. The van der Waals surface area contributed by atoms with Crippen LogP contribution in [0.2, 0.25) is 0 Å². The van der Waals surface area contributed by atoms with E-state index in [4.69, 9.17) is 0 Å². The molecule has 0 saturated carbocycles. The van der Waals surface area contributed by atoms with E-state index in [0.29, 0.717) is 0 Å². The first-order valence-electron chi connectivity index (χ1n) is 3.64. The van der Waals surface area contributed by atoms with Gasteiger partial charge in [0.2, 0.25) is 0 Å². The van der Waals surface area contributed by atoms with Gasteiger partial charge < -0.3 is 0 Å². The molecule has 0 aliphatic carbocycles. The van der Waals surface area contributed by atoms with Crippen LogP contribution in [0.1, 0.15) is 12.5 Å². The summed E-state index contributed by atoms with van der Waals surface area (Å²) in [5.41, 5.74) is 6.29. The summed E-state index contributed by atoms with van der Waals surface area (Å²) in [5.74, 6) is 0. The number of benzene rings is 1. The molecule has 2 rings (SSSR count). The van der Waals surface area contributed by atoms with Gasteiger partial charge in [0.1, 0.15) is 0 Å². The average molecular weight is 145 g/mol. The largest absolute Gasteiger partial charge is 0.155 e. The molecule has 11 heavy (non-hydrogen) atoms. The molecule has 0 unspecified atom stereocenters. The molecule has 1 aromatic carbocycles. The Kier molecular flexibility index (Phi) is 1.22. The van der Waals surface area contributed by atoms with Gasteiger partial charge in [-0.3, -0.25) is 0 Å². The summed E-state index contributed by atoms with van der Waals surface area (Å²) in [5, 5.41) is 6.23. The standard InChI is InChI=1S/C9H9N2/c1-6-4-3-5-8-9(6)7(2)10-11-8/h3-5H,1-2H3. The molecule has 0 spiro atoms. The first kappa shape index (κ1) is 6.40. The summed E-state index contributed by atoms with van der Waals surface area (Å²) in [7, 11) is 0. The van der Waals surface area contributed by atoms with Gasteiger partial charge in [-0.25, -0.2) is 0 Å². The molecule has 0 amide bonds. The average Bonchev–Trinajstić information content (AvgIpc) is 2.34. The highest BCUT2D eigenvalue weighted by Gasteiger charge is 2.03. The third-order valence-electron chi connectivity index (χ3n) is 1.92. The number of aryl methyl sites for hydroxylation is 1. The van der Waals surface area contributed by atoms with Crippen molar-refractivity contribution < 1.29 is 0 Å². The molecule has 1 heterocycles. The Balaban J connectivity index is 3.00. The van der Waals surface area contributed by atoms with Crippen LogP contribution in [0.3, 0.4) is 0 Å². The fourth-order valence-electron chi connectivity index (χ4n) is 1.39. The molecule has 0 aromatic heterocycles. The molecule has 1 aliphatic rings. The summed E-state index contributed by atoms with van der Waals surface area (Å²) in [6, 6.07) is 6.08. The topological polar surface area (TPSA) is 26.5 Å². The van der Waals surface area contributed by atoms with E-state index < -0.39 is 0 Å². The van der Waals surface area contributed by atoms with E-state index in [1.54, 1.807) is 0 Å². The summed E-state index contributed by atoms with van der Waals surface area (Å²) in [4.78, 5) is 0. The van der Waals surface area contributed by atoms with E-state index in [1.807, 2.05) is 19.1 Å². The van der Waals surface area contributed by atoms with Crippen molar-refractivity contribution in [3.63, 3.8) is 0 Å². The van der Waals surface area contributed by atoms with Crippen LogP contribution in [0.5, 0.6) is 0 Å². The lowest BCUT2D eigenvalue weighted by Crippen LogP contribution is -2.25. The van der Waals surface area contributed by atoms with E-state index in [-0.39, 0.29) is 0 Å². The minimum Gasteiger partial charge on any atom is -0.155 e. The molecule has 1 radical (unpaired) electrons. The van der Waals surface area contributed by atoms with Gasteiger partial charge in [-0.2, -0.15) is 10.5 Å². The molecule has 55 valence electrons. The first-order valence-corrected chi connectivity index (χ1v) is 3.64. The zero-order valence-corrected chi connectivity index (χ0v) is 6.63. The van der Waals surface area contributed by atoms with Gasteiger partial charge in [0.25, 0.3) is 0 Å². The number of hydrogen-bond donors (Lipinski definition) is 0. The van der Waals surface area contributed by atoms with E-state index in [0.717, 1.165) is 11.1 Å². The third-order valence-corrected chi connectivity index (χ3v) is 1.92. The number of hydrogen-bond acceptors (Lipinski definition) is 1. The van der Waals surface area contributed by atoms with Crippen LogP contribution in [0, 0.1) is 6.92 Å². The summed E-state index contributed by atoms with van der Waals surface area (Å²) in [6.07, 6.45) is 0. The van der Waals surface area contributed by atoms with Gasteiger partial charge in [-0.1, -0.05) is 12.1 Å². The quantitative estimate of drug-likeness (QED) is 0.501. The minimum atomic E-state index is 1.00. The second-order valence-electron chi connectivity index (χ2n) is 2.75. The fourth-order valence-corrected chi connectivity index (χ4v) is 1.39. The Morgan fingerprint density at radius 2 is 2.00 bits per heavy atom. The Morgan fingerprint density at radius 3 is 2.73 bits per heavy atom. The van der Waals surface area contributed by atoms with Crippen molar-refractivity contribution in [2.45, 2.75) is 13.8 Å². The number of nitrogens with zero attached hydrogens (tertiary/aromatic N) is 2. The summed E-state index contributed by atoms with van der Waals surface area (Å²) in [6.45, 7) is 4.07. The van der Waals surface area contributed by atoms with Crippen LogP contribution in [-0.2, 0) is 0 Å². The van der Waals surface area contributed by atoms with Crippen LogP contribution in [0.4, 0.5) is 0 Å². The summed E-state index contributed by atoms with van der Waals surface area (Å²) >= 11 is 0. The van der Waals surface area contributed by atoms with Crippen LogP contribution >= 0.6 is 0 Å². The molecule has 1 aliphatic heterocycles. The monoisotopic (exact) mass is 145 g/mol. The highest BCUT2D eigenvalue weighted by atomic mass is 15.3. The second kappa shape index (κ2) is 2.09. The molecule has 0 N–H and O–H groups in total. The van der Waals surface area contributed by atoms with Gasteiger partial charge in [-0.05, 0) is 25.5 Å². The van der Waals surface area contributed by atoms with E-state index >= 15 is 0 Å². The van der Waals surface area contributed by atoms with E-state index in [1.165, 1.54) is 10.8 Å². The normalized spacial score (nSPS) is 13.8. The maximum atomic E-state index is 4.03. The van der Waals surface area contributed by atoms with E-state index in [2.05, 4.69) is 23.5 Å². The zero-order valence-electron chi connectivity index (χ0n) is 6.63. The van der Waals surface area contributed by atoms with Crippen molar-refractivity contribution in [1.29, 1.82) is 0 Å². The maximum absolute atomic E-state index is 4.03. The van der Waals surface area contributed by atoms with Gasteiger partial charge in [0.15, 0.2) is 0 Å². The predicted molar refractivity (Wildman–Crippen MR) is 43.2 cm³/mol. The lowest BCUT2D eigenvalue weighted by atomic mass is 10.1. The van der Waals surface area contributed by atoms with Crippen molar-refractivity contribution in [3.05, 3.63) is 34.3 Å². The molecular formula is C9H9N2. The second-order valence-corrected chi connectivity index (χ2v) is 2.75. The Morgan fingerprint density at radius 1 is 1.18 bits per heavy atom. The molecular weight excluding hydrogens is 136 g/mol. The van der Waals surface area contributed by atoms with E-state index in [9.17, 15) is 0 Å². The van der Waals surface area contributed by atoms with Crippen LogP contribution in [0.15, 0.2) is 23.3 Å². The molecule has 1 aromatic rings. The number of rotatable bonds is 0. The highest BCUT2D eigenvalue weighted by Crippen LogP contribution is 1.93. The number of fused-ring (bicyclic) bond motifs is 1. The Bertz CT molecular complexity index is 404. The van der Waals surface area contributed by atoms with Crippen molar-refractivity contribution in [2.24, 2.45) is 5.10 Å². The smallest absolute Gasteiger partial charge is 0.0950 e. The molecule has 2 nitrogen and oxygen atoms in total. The van der Waals surface area contributed by atoms with Gasteiger partial charge in [0, 0.05) is 5.22 Å². The van der Waals surface area contributed by atoms with Crippen LogP contribution in [0.25, 0.3) is 5.70 Å².